The number of rotatable bonds is 2. The molecule has 3 aromatic rings. The maximum atomic E-state index is 5.62. The maximum absolute atomic E-state index is 5.62. The monoisotopic (exact) mass is 270 g/mol. The van der Waals surface area contributed by atoms with E-state index in [1.807, 2.05) is 24.3 Å². The molecule has 3 rings (SSSR count). The van der Waals surface area contributed by atoms with Crippen LogP contribution in [-0.2, 0) is 0 Å². The summed E-state index contributed by atoms with van der Waals surface area (Å²) >= 11 is 4.23. The van der Waals surface area contributed by atoms with Crippen molar-refractivity contribution in [3.63, 3.8) is 0 Å². The van der Waals surface area contributed by atoms with Gasteiger partial charge in [-0.2, -0.15) is 4.98 Å². The van der Waals surface area contributed by atoms with Crippen LogP contribution in [0.5, 0.6) is 0 Å². The van der Waals surface area contributed by atoms with Crippen LogP contribution in [0.3, 0.4) is 0 Å². The molecule has 0 unspecified atom stereocenters. The molecular formula is C13H10N4OS. The summed E-state index contributed by atoms with van der Waals surface area (Å²) in [7, 11) is 0. The summed E-state index contributed by atoms with van der Waals surface area (Å²) in [5.41, 5.74) is 7.04. The Morgan fingerprint density at radius 2 is 1.79 bits per heavy atom. The standard InChI is InChI=1S/C13H10N4OS/c14-11-3-1-2-10(15-11)13-16-12(17-18-13)8-4-6-9(19)7-5-8/h1-7,19H,(H2,14,15). The van der Waals surface area contributed by atoms with Gasteiger partial charge in [-0.3, -0.25) is 0 Å². The molecule has 0 atom stereocenters. The van der Waals surface area contributed by atoms with Gasteiger partial charge in [0.05, 0.1) is 0 Å². The summed E-state index contributed by atoms with van der Waals surface area (Å²) in [5.74, 6) is 1.27. The van der Waals surface area contributed by atoms with Crippen molar-refractivity contribution < 1.29 is 4.52 Å². The lowest BCUT2D eigenvalue weighted by molar-refractivity contribution is 0.431. The van der Waals surface area contributed by atoms with Crippen LogP contribution in [0.1, 0.15) is 0 Å². The van der Waals surface area contributed by atoms with Gasteiger partial charge in [0, 0.05) is 10.5 Å². The highest BCUT2D eigenvalue weighted by atomic mass is 32.1. The topological polar surface area (TPSA) is 77.8 Å². The van der Waals surface area contributed by atoms with E-state index in [1.165, 1.54) is 0 Å². The summed E-state index contributed by atoms with van der Waals surface area (Å²) in [5, 5.41) is 3.93. The van der Waals surface area contributed by atoms with Crippen molar-refractivity contribution in [1.29, 1.82) is 0 Å². The first-order valence-electron chi connectivity index (χ1n) is 5.58. The molecule has 0 bridgehead atoms. The third-order valence-electron chi connectivity index (χ3n) is 2.54. The van der Waals surface area contributed by atoms with Crippen LogP contribution in [0.15, 0.2) is 51.9 Å². The normalized spacial score (nSPS) is 10.6. The van der Waals surface area contributed by atoms with Gasteiger partial charge >= 0.3 is 0 Å². The third kappa shape index (κ3) is 2.43. The molecule has 0 saturated carbocycles. The van der Waals surface area contributed by atoms with Crippen molar-refractivity contribution in [2.45, 2.75) is 4.90 Å². The first kappa shape index (κ1) is 11.7. The highest BCUT2D eigenvalue weighted by Crippen LogP contribution is 2.22. The first-order chi connectivity index (χ1) is 9.22. The molecule has 2 aromatic heterocycles. The van der Waals surface area contributed by atoms with Crippen LogP contribution in [-0.4, -0.2) is 15.1 Å². The fourth-order valence-electron chi connectivity index (χ4n) is 1.63. The van der Waals surface area contributed by atoms with Gasteiger partial charge in [-0.05, 0) is 36.4 Å². The van der Waals surface area contributed by atoms with E-state index in [9.17, 15) is 0 Å². The predicted octanol–water partition coefficient (Wildman–Crippen LogP) is 2.67. The van der Waals surface area contributed by atoms with Crippen molar-refractivity contribution in [3.8, 4) is 23.0 Å². The van der Waals surface area contributed by atoms with E-state index in [0.717, 1.165) is 10.5 Å². The minimum Gasteiger partial charge on any atom is -0.384 e. The molecule has 0 radical (unpaired) electrons. The zero-order valence-electron chi connectivity index (χ0n) is 9.82. The second-order valence-electron chi connectivity index (χ2n) is 3.92. The minimum absolute atomic E-state index is 0.345. The predicted molar refractivity (Wildman–Crippen MR) is 74.6 cm³/mol. The fourth-order valence-corrected chi connectivity index (χ4v) is 1.77. The lowest BCUT2D eigenvalue weighted by atomic mass is 10.2. The second kappa shape index (κ2) is 4.74. The molecule has 0 aliphatic heterocycles. The highest BCUT2D eigenvalue weighted by molar-refractivity contribution is 7.80. The minimum atomic E-state index is 0.345. The summed E-state index contributed by atoms with van der Waals surface area (Å²) in [4.78, 5) is 9.31. The zero-order valence-corrected chi connectivity index (χ0v) is 10.7. The molecule has 5 nitrogen and oxygen atoms in total. The van der Waals surface area contributed by atoms with Crippen LogP contribution in [0.25, 0.3) is 23.0 Å². The molecule has 19 heavy (non-hydrogen) atoms. The molecule has 2 heterocycles. The van der Waals surface area contributed by atoms with E-state index in [0.29, 0.717) is 23.2 Å². The smallest absolute Gasteiger partial charge is 0.276 e. The molecule has 0 saturated heterocycles. The fraction of sp³-hybridized carbons (Fsp3) is 0. The number of anilines is 1. The molecule has 0 aliphatic rings. The molecule has 0 aliphatic carbocycles. The van der Waals surface area contributed by atoms with Crippen LogP contribution in [0.4, 0.5) is 5.82 Å². The van der Waals surface area contributed by atoms with E-state index in [-0.39, 0.29) is 0 Å². The Balaban J connectivity index is 1.97. The summed E-state index contributed by atoms with van der Waals surface area (Å²) < 4.78 is 5.19. The zero-order chi connectivity index (χ0) is 13.2. The van der Waals surface area contributed by atoms with Crippen LogP contribution in [0.2, 0.25) is 0 Å². The van der Waals surface area contributed by atoms with Crippen LogP contribution >= 0.6 is 12.6 Å². The Morgan fingerprint density at radius 3 is 2.53 bits per heavy atom. The van der Waals surface area contributed by atoms with Crippen molar-refractivity contribution in [1.82, 2.24) is 15.1 Å². The molecule has 0 amide bonds. The van der Waals surface area contributed by atoms with Crippen molar-refractivity contribution in [3.05, 3.63) is 42.5 Å². The van der Waals surface area contributed by atoms with E-state index < -0.39 is 0 Å². The number of thiol groups is 1. The van der Waals surface area contributed by atoms with Gasteiger partial charge in [-0.15, -0.1) is 12.6 Å². The maximum Gasteiger partial charge on any atom is 0.276 e. The van der Waals surface area contributed by atoms with E-state index in [4.69, 9.17) is 10.3 Å². The molecule has 1 aromatic carbocycles. The third-order valence-corrected chi connectivity index (χ3v) is 2.84. The Morgan fingerprint density at radius 1 is 1.00 bits per heavy atom. The van der Waals surface area contributed by atoms with E-state index in [2.05, 4.69) is 27.8 Å². The largest absolute Gasteiger partial charge is 0.384 e. The Hall–Kier alpha value is -2.34. The average Bonchev–Trinajstić information content (AvgIpc) is 2.89. The number of pyridine rings is 1. The molecule has 0 fully saturated rings. The Labute approximate surface area is 114 Å². The molecular weight excluding hydrogens is 260 g/mol. The average molecular weight is 270 g/mol. The lowest BCUT2D eigenvalue weighted by Gasteiger charge is -1.95. The molecule has 94 valence electrons. The molecule has 6 heteroatoms. The van der Waals surface area contributed by atoms with Gasteiger partial charge in [0.25, 0.3) is 5.89 Å². The lowest BCUT2D eigenvalue weighted by Crippen LogP contribution is -1.91. The SMILES string of the molecule is Nc1cccc(-c2nc(-c3ccc(S)cc3)no2)n1. The van der Waals surface area contributed by atoms with Crippen molar-refractivity contribution >= 4 is 18.4 Å². The van der Waals surface area contributed by atoms with Crippen molar-refractivity contribution in [2.24, 2.45) is 0 Å². The van der Waals surface area contributed by atoms with Gasteiger partial charge in [0.1, 0.15) is 11.5 Å². The number of hydrogen-bond acceptors (Lipinski definition) is 6. The van der Waals surface area contributed by atoms with Gasteiger partial charge in [-0.25, -0.2) is 4.98 Å². The number of aromatic nitrogens is 3. The molecule has 2 N–H and O–H groups in total. The number of hydrogen-bond donors (Lipinski definition) is 2. The van der Waals surface area contributed by atoms with Crippen molar-refractivity contribution in [2.75, 3.05) is 5.73 Å². The van der Waals surface area contributed by atoms with Gasteiger partial charge in [0.2, 0.25) is 5.82 Å². The van der Waals surface area contributed by atoms with Crippen LogP contribution in [0, 0.1) is 0 Å². The van der Waals surface area contributed by atoms with Crippen LogP contribution < -0.4 is 5.73 Å². The number of benzene rings is 1. The number of nitrogens with two attached hydrogens (primary N) is 1. The highest BCUT2D eigenvalue weighted by Gasteiger charge is 2.11. The first-order valence-corrected chi connectivity index (χ1v) is 6.03. The van der Waals surface area contributed by atoms with E-state index in [1.54, 1.807) is 18.2 Å². The van der Waals surface area contributed by atoms with Gasteiger partial charge < -0.3 is 10.3 Å². The Bertz CT molecular complexity index is 709. The Kier molecular flexibility index (Phi) is 2.92. The quantitative estimate of drug-likeness (QED) is 0.700. The van der Waals surface area contributed by atoms with Gasteiger partial charge in [-0.1, -0.05) is 11.2 Å². The van der Waals surface area contributed by atoms with E-state index >= 15 is 0 Å². The summed E-state index contributed by atoms with van der Waals surface area (Å²) in [6.07, 6.45) is 0. The van der Waals surface area contributed by atoms with Gasteiger partial charge in [0.15, 0.2) is 0 Å². The summed E-state index contributed by atoms with van der Waals surface area (Å²) in [6, 6.07) is 12.8. The summed E-state index contributed by atoms with van der Waals surface area (Å²) in [6.45, 7) is 0. The second-order valence-corrected chi connectivity index (χ2v) is 4.43. The number of nitrogen functional groups attached to an aromatic ring is 1. The molecule has 0 spiro atoms. The number of nitrogens with zero attached hydrogens (tertiary/aromatic N) is 3.